The van der Waals surface area contributed by atoms with Crippen LogP contribution in [0.5, 0.6) is 0 Å². The Morgan fingerprint density at radius 1 is 0.727 bits per heavy atom. The summed E-state index contributed by atoms with van der Waals surface area (Å²) in [7, 11) is 2.78. The Balaban J connectivity index is 2.04. The molecule has 4 rings (SSSR count). The highest BCUT2D eigenvalue weighted by atomic mass is 28.2. The number of rotatable bonds is 4. The van der Waals surface area contributed by atoms with E-state index >= 15 is 0 Å². The zero-order chi connectivity index (χ0) is 15.1. The van der Waals surface area contributed by atoms with E-state index in [2.05, 4.69) is 54.6 Å². The number of benzene rings is 4. The molecule has 0 atom stereocenters. The average Bonchev–Trinajstić information content (AvgIpc) is 2.58. The summed E-state index contributed by atoms with van der Waals surface area (Å²) in [6.45, 7) is 0. The topological polar surface area (TPSA) is 18.5 Å². The van der Waals surface area contributed by atoms with Crippen LogP contribution >= 0.6 is 0 Å². The molecule has 4 aromatic rings. The molecule has 0 aromatic heterocycles. The molecular formula is C19H18O2Si. The van der Waals surface area contributed by atoms with Gasteiger partial charge in [-0.15, -0.1) is 0 Å². The van der Waals surface area contributed by atoms with Crippen LogP contribution in [0.15, 0.2) is 54.6 Å². The van der Waals surface area contributed by atoms with E-state index in [1.165, 1.54) is 37.5 Å². The van der Waals surface area contributed by atoms with E-state index in [4.69, 9.17) is 9.47 Å². The van der Waals surface area contributed by atoms with Crippen LogP contribution < -0.4 is 5.19 Å². The fourth-order valence-corrected chi connectivity index (χ4v) is 4.88. The van der Waals surface area contributed by atoms with Crippen LogP contribution in [0.2, 0.25) is 0 Å². The van der Waals surface area contributed by atoms with Crippen LogP contribution in [0, 0.1) is 0 Å². The molecule has 0 aliphatic rings. The summed E-state index contributed by atoms with van der Waals surface area (Å²) in [5.74, 6) is -0.0709. The van der Waals surface area contributed by atoms with E-state index in [0.29, 0.717) is 0 Å². The standard InChI is InChI=1S/C19H18O2Si/c1-20-19(21-2)22-16-11-9-14-7-6-12-4-3-5-13-8-10-15(16)18(14)17(12)13/h3-11,19H,22H2,1-2H3. The molecule has 4 aromatic carbocycles. The van der Waals surface area contributed by atoms with E-state index in [9.17, 15) is 0 Å². The maximum absolute atomic E-state index is 5.43. The zero-order valence-electron chi connectivity index (χ0n) is 12.8. The summed E-state index contributed by atoms with van der Waals surface area (Å²) in [6, 6.07) is 19.9. The monoisotopic (exact) mass is 306 g/mol. The van der Waals surface area contributed by atoms with E-state index in [1.807, 2.05) is 0 Å². The summed E-state index contributed by atoms with van der Waals surface area (Å²) in [5.41, 5.74) is 0. The Bertz CT molecular complexity index is 928. The van der Waals surface area contributed by atoms with Gasteiger partial charge in [0.15, 0.2) is 0 Å². The lowest BCUT2D eigenvalue weighted by molar-refractivity contribution is -0.0429. The first-order valence-corrected chi connectivity index (χ1v) is 9.05. The molecule has 0 saturated carbocycles. The van der Waals surface area contributed by atoms with Gasteiger partial charge in [-0.2, -0.15) is 0 Å². The highest BCUT2D eigenvalue weighted by molar-refractivity contribution is 6.58. The Morgan fingerprint density at radius 3 is 2.00 bits per heavy atom. The zero-order valence-corrected chi connectivity index (χ0v) is 14.2. The molecule has 0 radical (unpaired) electrons. The van der Waals surface area contributed by atoms with Crippen molar-refractivity contribution in [3.8, 4) is 0 Å². The van der Waals surface area contributed by atoms with Crippen LogP contribution in [0.25, 0.3) is 32.3 Å². The first kappa shape index (κ1) is 13.7. The predicted octanol–water partition coefficient (Wildman–Crippen LogP) is 2.95. The van der Waals surface area contributed by atoms with Gasteiger partial charge in [-0.1, -0.05) is 59.8 Å². The third-order valence-electron chi connectivity index (χ3n) is 4.53. The summed E-state index contributed by atoms with van der Waals surface area (Å²) < 4.78 is 10.9. The van der Waals surface area contributed by atoms with Crippen molar-refractivity contribution in [2.24, 2.45) is 0 Å². The van der Waals surface area contributed by atoms with E-state index < -0.39 is 9.52 Å². The maximum atomic E-state index is 5.43. The van der Waals surface area contributed by atoms with Gasteiger partial charge in [0.2, 0.25) is 0 Å². The average molecular weight is 306 g/mol. The summed E-state index contributed by atoms with van der Waals surface area (Å²) in [5, 5.41) is 9.44. The SMILES string of the molecule is COC(OC)[SiH2]c1ccc2ccc3cccc4ccc1c2c34. The summed E-state index contributed by atoms with van der Waals surface area (Å²) in [4.78, 5) is 0. The highest BCUT2D eigenvalue weighted by Gasteiger charge is 2.14. The lowest BCUT2D eigenvalue weighted by Gasteiger charge is -2.17. The molecule has 22 heavy (non-hydrogen) atoms. The third kappa shape index (κ3) is 2.02. The Morgan fingerprint density at radius 2 is 1.32 bits per heavy atom. The van der Waals surface area contributed by atoms with Crippen LogP contribution in [-0.4, -0.2) is 29.7 Å². The molecule has 0 spiro atoms. The van der Waals surface area contributed by atoms with Crippen molar-refractivity contribution in [2.45, 2.75) is 5.91 Å². The Kier molecular flexibility index (Phi) is 3.34. The maximum Gasteiger partial charge on any atom is 0.139 e. The van der Waals surface area contributed by atoms with Gasteiger partial charge in [0.1, 0.15) is 15.4 Å². The van der Waals surface area contributed by atoms with Crippen molar-refractivity contribution in [1.29, 1.82) is 0 Å². The molecule has 2 nitrogen and oxygen atoms in total. The molecular weight excluding hydrogens is 288 g/mol. The second kappa shape index (κ2) is 5.36. The van der Waals surface area contributed by atoms with Gasteiger partial charge in [0, 0.05) is 14.2 Å². The minimum absolute atomic E-state index is 0.0709. The van der Waals surface area contributed by atoms with Crippen molar-refractivity contribution >= 4 is 47.0 Å². The molecule has 0 saturated heterocycles. The van der Waals surface area contributed by atoms with Crippen molar-refractivity contribution in [3.63, 3.8) is 0 Å². The first-order valence-electron chi connectivity index (χ1n) is 7.53. The number of ether oxygens (including phenoxy) is 2. The van der Waals surface area contributed by atoms with Crippen LogP contribution in [0.1, 0.15) is 0 Å². The molecule has 0 heterocycles. The van der Waals surface area contributed by atoms with Gasteiger partial charge in [-0.05, 0) is 32.3 Å². The number of methoxy groups -OCH3 is 2. The largest absolute Gasteiger partial charge is 0.360 e. The molecule has 0 fully saturated rings. The second-order valence-corrected chi connectivity index (χ2v) is 7.52. The van der Waals surface area contributed by atoms with E-state index in [0.717, 1.165) is 0 Å². The normalized spacial score (nSPS) is 12.7. The fraction of sp³-hybridized carbons (Fsp3) is 0.158. The molecule has 0 N–H and O–H groups in total. The molecule has 3 heteroatoms. The second-order valence-electron chi connectivity index (χ2n) is 5.69. The van der Waals surface area contributed by atoms with E-state index in [-0.39, 0.29) is 5.91 Å². The molecule has 0 aliphatic carbocycles. The lowest BCUT2D eigenvalue weighted by atomic mass is 9.94. The smallest absolute Gasteiger partial charge is 0.139 e. The molecule has 0 aliphatic heterocycles. The lowest BCUT2D eigenvalue weighted by Crippen LogP contribution is -2.31. The van der Waals surface area contributed by atoms with Crippen molar-refractivity contribution in [2.75, 3.05) is 14.2 Å². The first-order chi connectivity index (χ1) is 10.8. The van der Waals surface area contributed by atoms with Crippen molar-refractivity contribution < 1.29 is 9.47 Å². The van der Waals surface area contributed by atoms with Gasteiger partial charge < -0.3 is 9.47 Å². The van der Waals surface area contributed by atoms with Gasteiger partial charge in [0.05, 0.1) is 0 Å². The highest BCUT2D eigenvalue weighted by Crippen LogP contribution is 2.33. The minimum atomic E-state index is -0.658. The Hall–Kier alpha value is -1.94. The van der Waals surface area contributed by atoms with Crippen LogP contribution in [0.4, 0.5) is 0 Å². The quantitative estimate of drug-likeness (QED) is 0.328. The minimum Gasteiger partial charge on any atom is -0.360 e. The molecule has 0 amide bonds. The summed E-state index contributed by atoms with van der Waals surface area (Å²) in [6.07, 6.45) is 0. The van der Waals surface area contributed by atoms with Crippen molar-refractivity contribution in [3.05, 3.63) is 54.6 Å². The van der Waals surface area contributed by atoms with Gasteiger partial charge in [0.25, 0.3) is 0 Å². The van der Waals surface area contributed by atoms with Crippen molar-refractivity contribution in [1.82, 2.24) is 0 Å². The summed E-state index contributed by atoms with van der Waals surface area (Å²) >= 11 is 0. The molecule has 110 valence electrons. The molecule has 0 unspecified atom stereocenters. The fourth-order valence-electron chi connectivity index (χ4n) is 3.42. The van der Waals surface area contributed by atoms with Gasteiger partial charge in [-0.3, -0.25) is 0 Å². The van der Waals surface area contributed by atoms with Crippen LogP contribution in [0.3, 0.4) is 0 Å². The number of hydrogen-bond acceptors (Lipinski definition) is 2. The predicted molar refractivity (Wildman–Crippen MR) is 96.1 cm³/mol. The van der Waals surface area contributed by atoms with Gasteiger partial charge in [-0.25, -0.2) is 0 Å². The Labute approximate surface area is 131 Å². The van der Waals surface area contributed by atoms with Gasteiger partial charge >= 0.3 is 0 Å². The third-order valence-corrected chi connectivity index (χ3v) is 6.59. The number of hydrogen-bond donors (Lipinski definition) is 0. The van der Waals surface area contributed by atoms with E-state index in [1.54, 1.807) is 14.2 Å². The molecule has 0 bridgehead atoms. The van der Waals surface area contributed by atoms with Crippen LogP contribution in [-0.2, 0) is 9.47 Å².